The average Bonchev–Trinajstić information content (AvgIpc) is 2.30. The van der Waals surface area contributed by atoms with Crippen LogP contribution >= 0.6 is 0 Å². The molecular formula is C12H17NO2. The second-order valence-corrected chi connectivity index (χ2v) is 3.89. The lowest BCUT2D eigenvalue weighted by molar-refractivity contribution is -0.193. The minimum absolute atomic E-state index is 0.199. The molecule has 0 amide bonds. The molecule has 1 N–H and O–H groups in total. The van der Waals surface area contributed by atoms with Gasteiger partial charge in [-0.05, 0) is 14.0 Å². The third-order valence-corrected chi connectivity index (χ3v) is 2.66. The monoisotopic (exact) mass is 207 g/mol. The highest BCUT2D eigenvalue weighted by Gasteiger charge is 2.21. The fourth-order valence-electron chi connectivity index (χ4n) is 1.59. The quantitative estimate of drug-likeness (QED) is 0.799. The molecule has 0 unspecified atom stereocenters. The van der Waals surface area contributed by atoms with Crippen molar-refractivity contribution < 1.29 is 9.47 Å². The van der Waals surface area contributed by atoms with Crippen molar-refractivity contribution in [3.63, 3.8) is 0 Å². The minimum atomic E-state index is -0.199. The van der Waals surface area contributed by atoms with Crippen LogP contribution in [0.1, 0.15) is 17.4 Å². The summed E-state index contributed by atoms with van der Waals surface area (Å²) in [5, 5.41) is 3.14. The van der Waals surface area contributed by atoms with E-state index in [4.69, 9.17) is 9.47 Å². The fourth-order valence-corrected chi connectivity index (χ4v) is 1.59. The first-order valence-corrected chi connectivity index (χ1v) is 5.26. The first kappa shape index (κ1) is 10.6. The van der Waals surface area contributed by atoms with Crippen molar-refractivity contribution in [1.82, 2.24) is 5.32 Å². The van der Waals surface area contributed by atoms with Gasteiger partial charge in [-0.1, -0.05) is 29.8 Å². The summed E-state index contributed by atoms with van der Waals surface area (Å²) >= 11 is 0. The average molecular weight is 207 g/mol. The zero-order valence-corrected chi connectivity index (χ0v) is 9.19. The van der Waals surface area contributed by atoms with Gasteiger partial charge in [0.2, 0.25) is 0 Å². The number of hydrogen-bond acceptors (Lipinski definition) is 3. The van der Waals surface area contributed by atoms with Crippen LogP contribution in [0.5, 0.6) is 0 Å². The molecular weight excluding hydrogens is 190 g/mol. The molecule has 1 fully saturated rings. The lowest BCUT2D eigenvalue weighted by atomic mass is 10.1. The summed E-state index contributed by atoms with van der Waals surface area (Å²) in [4.78, 5) is 0. The van der Waals surface area contributed by atoms with E-state index in [0.29, 0.717) is 19.3 Å². The molecule has 0 bridgehead atoms. The SMILES string of the molecule is CNC1COC(c2ccc(C)cc2)OC1. The Morgan fingerprint density at radius 1 is 1.13 bits per heavy atom. The number of likely N-dealkylation sites (N-methyl/N-ethyl adjacent to an activating group) is 1. The molecule has 0 aliphatic carbocycles. The molecule has 0 atom stereocenters. The molecule has 1 saturated heterocycles. The Labute approximate surface area is 90.4 Å². The third kappa shape index (κ3) is 2.56. The molecule has 1 heterocycles. The van der Waals surface area contributed by atoms with Gasteiger partial charge >= 0.3 is 0 Å². The van der Waals surface area contributed by atoms with Crippen molar-refractivity contribution in [3.8, 4) is 0 Å². The first-order chi connectivity index (χ1) is 7.29. The summed E-state index contributed by atoms with van der Waals surface area (Å²) in [7, 11) is 1.92. The third-order valence-electron chi connectivity index (χ3n) is 2.66. The van der Waals surface area contributed by atoms with E-state index in [-0.39, 0.29) is 6.29 Å². The lowest BCUT2D eigenvalue weighted by Crippen LogP contribution is -2.40. The van der Waals surface area contributed by atoms with E-state index in [0.717, 1.165) is 5.56 Å². The standard InChI is InChI=1S/C12H17NO2/c1-9-3-5-10(6-4-9)12-14-7-11(13-2)8-15-12/h3-6,11-13H,7-8H2,1-2H3. The maximum Gasteiger partial charge on any atom is 0.183 e. The predicted octanol–water partition coefficient (Wildman–Crippen LogP) is 1.63. The minimum Gasteiger partial charge on any atom is -0.347 e. The summed E-state index contributed by atoms with van der Waals surface area (Å²) in [5.41, 5.74) is 2.35. The number of benzene rings is 1. The van der Waals surface area contributed by atoms with Gasteiger partial charge in [0, 0.05) is 5.56 Å². The van der Waals surface area contributed by atoms with Gasteiger partial charge in [0.15, 0.2) is 6.29 Å². The van der Waals surface area contributed by atoms with Gasteiger partial charge in [0.25, 0.3) is 0 Å². The first-order valence-electron chi connectivity index (χ1n) is 5.26. The Morgan fingerprint density at radius 2 is 1.73 bits per heavy atom. The van der Waals surface area contributed by atoms with Crippen molar-refractivity contribution in [2.24, 2.45) is 0 Å². The normalized spacial score (nSPS) is 26.5. The van der Waals surface area contributed by atoms with Crippen LogP contribution in [0.25, 0.3) is 0 Å². The number of ether oxygens (including phenoxy) is 2. The summed E-state index contributed by atoms with van der Waals surface area (Å²) in [6.07, 6.45) is -0.199. The Kier molecular flexibility index (Phi) is 3.36. The van der Waals surface area contributed by atoms with Crippen LogP contribution in [0.3, 0.4) is 0 Å². The zero-order valence-electron chi connectivity index (χ0n) is 9.19. The molecule has 0 spiro atoms. The highest BCUT2D eigenvalue weighted by molar-refractivity contribution is 5.22. The van der Waals surface area contributed by atoms with Gasteiger partial charge in [-0.15, -0.1) is 0 Å². The van der Waals surface area contributed by atoms with E-state index in [9.17, 15) is 0 Å². The number of rotatable bonds is 2. The van der Waals surface area contributed by atoms with E-state index in [1.165, 1.54) is 5.56 Å². The summed E-state index contributed by atoms with van der Waals surface area (Å²) in [6.45, 7) is 3.48. The van der Waals surface area contributed by atoms with Crippen LogP contribution in [0, 0.1) is 6.92 Å². The Hall–Kier alpha value is -0.900. The summed E-state index contributed by atoms with van der Waals surface area (Å²) in [6, 6.07) is 8.57. The maximum atomic E-state index is 5.62. The Balaban J connectivity index is 1.98. The predicted molar refractivity (Wildman–Crippen MR) is 58.7 cm³/mol. The second-order valence-electron chi connectivity index (χ2n) is 3.89. The van der Waals surface area contributed by atoms with E-state index >= 15 is 0 Å². The molecule has 3 heteroatoms. The largest absolute Gasteiger partial charge is 0.347 e. The molecule has 2 rings (SSSR count). The van der Waals surface area contributed by atoms with Gasteiger partial charge in [-0.25, -0.2) is 0 Å². The molecule has 3 nitrogen and oxygen atoms in total. The number of aryl methyl sites for hydroxylation is 1. The smallest absolute Gasteiger partial charge is 0.183 e. The molecule has 15 heavy (non-hydrogen) atoms. The van der Waals surface area contributed by atoms with E-state index in [1.54, 1.807) is 0 Å². The number of hydrogen-bond donors (Lipinski definition) is 1. The molecule has 82 valence electrons. The van der Waals surface area contributed by atoms with Gasteiger partial charge in [0.1, 0.15) is 0 Å². The van der Waals surface area contributed by atoms with Crippen molar-refractivity contribution in [1.29, 1.82) is 0 Å². The van der Waals surface area contributed by atoms with Gasteiger partial charge in [-0.3, -0.25) is 0 Å². The van der Waals surface area contributed by atoms with Gasteiger partial charge in [-0.2, -0.15) is 0 Å². The maximum absolute atomic E-state index is 5.62. The molecule has 1 aromatic rings. The van der Waals surface area contributed by atoms with Crippen LogP contribution in [-0.4, -0.2) is 26.3 Å². The second kappa shape index (κ2) is 4.75. The van der Waals surface area contributed by atoms with Crippen molar-refractivity contribution >= 4 is 0 Å². The van der Waals surface area contributed by atoms with Crippen LogP contribution in [0.2, 0.25) is 0 Å². The highest BCUT2D eigenvalue weighted by atomic mass is 16.7. The van der Waals surface area contributed by atoms with Gasteiger partial charge < -0.3 is 14.8 Å². The molecule has 1 aliphatic rings. The lowest BCUT2D eigenvalue weighted by Gasteiger charge is -2.29. The summed E-state index contributed by atoms with van der Waals surface area (Å²) < 4.78 is 11.2. The van der Waals surface area contributed by atoms with Crippen molar-refractivity contribution in [2.45, 2.75) is 19.3 Å². The highest BCUT2D eigenvalue weighted by Crippen LogP contribution is 2.22. The molecule has 0 saturated carbocycles. The van der Waals surface area contributed by atoms with E-state index in [1.807, 2.05) is 7.05 Å². The zero-order chi connectivity index (χ0) is 10.7. The topological polar surface area (TPSA) is 30.5 Å². The van der Waals surface area contributed by atoms with Gasteiger partial charge in [0.05, 0.1) is 19.3 Å². The summed E-state index contributed by atoms with van der Waals surface area (Å²) in [5.74, 6) is 0. The van der Waals surface area contributed by atoms with E-state index in [2.05, 4.69) is 36.5 Å². The van der Waals surface area contributed by atoms with Crippen molar-refractivity contribution in [3.05, 3.63) is 35.4 Å². The molecule has 0 aromatic heterocycles. The Morgan fingerprint density at radius 3 is 2.27 bits per heavy atom. The number of nitrogens with one attached hydrogen (secondary N) is 1. The molecule has 0 radical (unpaired) electrons. The van der Waals surface area contributed by atoms with Crippen LogP contribution in [0.15, 0.2) is 24.3 Å². The van der Waals surface area contributed by atoms with Crippen LogP contribution < -0.4 is 5.32 Å². The molecule has 1 aromatic carbocycles. The van der Waals surface area contributed by atoms with Crippen LogP contribution in [-0.2, 0) is 9.47 Å². The molecule has 1 aliphatic heterocycles. The fraction of sp³-hybridized carbons (Fsp3) is 0.500. The van der Waals surface area contributed by atoms with E-state index < -0.39 is 0 Å². The Bertz CT molecular complexity index is 302. The van der Waals surface area contributed by atoms with Crippen LogP contribution in [0.4, 0.5) is 0 Å². The van der Waals surface area contributed by atoms with Crippen molar-refractivity contribution in [2.75, 3.05) is 20.3 Å².